The highest BCUT2D eigenvalue weighted by atomic mass is 35.5. The molecule has 2 bridgehead atoms. The molecule has 3 aliphatic carbocycles. The van der Waals surface area contributed by atoms with Crippen LogP contribution in [0, 0.1) is 17.3 Å². The smallest absolute Gasteiger partial charge is 0.401 e. The molecular weight excluding hydrogens is 272 g/mol. The summed E-state index contributed by atoms with van der Waals surface area (Å²) in [5, 5.41) is 0. The maximum absolute atomic E-state index is 6.41. The maximum atomic E-state index is 6.41. The minimum atomic E-state index is -0.115. The van der Waals surface area contributed by atoms with Crippen molar-refractivity contribution >= 4 is 18.7 Å². The summed E-state index contributed by atoms with van der Waals surface area (Å²) in [5.41, 5.74) is 4.59. The first kappa shape index (κ1) is 15.1. The van der Waals surface area contributed by atoms with Gasteiger partial charge >= 0.3 is 7.12 Å². The number of alkyl halides is 1. The quantitative estimate of drug-likeness (QED) is 0.481. The van der Waals surface area contributed by atoms with Gasteiger partial charge in [-0.2, -0.15) is 0 Å². The van der Waals surface area contributed by atoms with Crippen LogP contribution in [-0.4, -0.2) is 30.6 Å². The van der Waals surface area contributed by atoms with Crippen molar-refractivity contribution in [1.82, 2.24) is 0 Å². The lowest BCUT2D eigenvalue weighted by Crippen LogP contribution is -2.69. The van der Waals surface area contributed by atoms with Gasteiger partial charge in [0.25, 0.3) is 0 Å². The van der Waals surface area contributed by atoms with Crippen molar-refractivity contribution in [2.45, 2.75) is 70.5 Å². The minimum absolute atomic E-state index is 0.0919. The summed E-state index contributed by atoms with van der Waals surface area (Å²) in [4.78, 5) is 0. The Bertz CT molecular complexity index is 381. The van der Waals surface area contributed by atoms with Crippen molar-refractivity contribution in [3.8, 4) is 0 Å². The second-order valence-corrected chi connectivity index (χ2v) is 8.16. The highest BCUT2D eigenvalue weighted by molar-refractivity contribution is 6.46. The number of unbranched alkanes of at least 4 members (excludes halogenated alkanes) is 1. The molecule has 0 aromatic heterocycles. The molecule has 5 heteroatoms. The second-order valence-electron chi connectivity index (χ2n) is 7.78. The zero-order valence-corrected chi connectivity index (χ0v) is 13.8. The standard InChI is InChI=1S/C15H27BClNO2/c1-14(2)10-8-11(14)15(3)12(9-10)19-16(20-15)13(18)6-4-5-7-17/h10-13H,4-9,18H2,1-3H3/p+1. The number of quaternary nitrogens is 1. The molecule has 20 heavy (non-hydrogen) atoms. The molecule has 5 unspecified atom stereocenters. The van der Waals surface area contributed by atoms with Gasteiger partial charge in [0.2, 0.25) is 0 Å². The molecule has 0 aromatic rings. The summed E-state index contributed by atoms with van der Waals surface area (Å²) >= 11 is 5.74. The van der Waals surface area contributed by atoms with Crippen molar-refractivity contribution < 1.29 is 15.0 Å². The van der Waals surface area contributed by atoms with Crippen LogP contribution in [0.2, 0.25) is 0 Å². The molecule has 4 aliphatic rings. The Morgan fingerprint density at radius 3 is 2.70 bits per heavy atom. The first-order chi connectivity index (χ1) is 9.39. The lowest BCUT2D eigenvalue weighted by molar-refractivity contribution is -0.399. The summed E-state index contributed by atoms with van der Waals surface area (Å²) in [6, 6.07) is 0. The van der Waals surface area contributed by atoms with Crippen LogP contribution in [-0.2, 0) is 9.31 Å². The molecule has 0 radical (unpaired) electrons. The Kier molecular flexibility index (Phi) is 3.90. The lowest BCUT2D eigenvalue weighted by Gasteiger charge is -2.64. The van der Waals surface area contributed by atoms with Gasteiger partial charge in [-0.1, -0.05) is 13.8 Å². The summed E-state index contributed by atoms with van der Waals surface area (Å²) in [6.45, 7) is 7.06. The monoisotopic (exact) mass is 300 g/mol. The fourth-order valence-corrected chi connectivity index (χ4v) is 4.93. The van der Waals surface area contributed by atoms with E-state index in [1.54, 1.807) is 0 Å². The number of hydrogen-bond donors (Lipinski definition) is 1. The number of hydrogen-bond acceptors (Lipinski definition) is 2. The molecule has 114 valence electrons. The predicted octanol–water partition coefficient (Wildman–Crippen LogP) is 2.27. The van der Waals surface area contributed by atoms with Gasteiger partial charge < -0.3 is 15.0 Å². The fourth-order valence-electron chi connectivity index (χ4n) is 4.74. The van der Waals surface area contributed by atoms with Gasteiger partial charge in [0.15, 0.2) is 0 Å². The van der Waals surface area contributed by atoms with E-state index in [0.29, 0.717) is 11.3 Å². The fraction of sp³-hybridized carbons (Fsp3) is 1.00. The molecule has 0 aromatic carbocycles. The van der Waals surface area contributed by atoms with E-state index in [9.17, 15) is 0 Å². The van der Waals surface area contributed by atoms with Gasteiger partial charge in [0.1, 0.15) is 5.94 Å². The first-order valence-corrected chi connectivity index (χ1v) is 8.65. The highest BCUT2D eigenvalue weighted by Gasteiger charge is 2.68. The molecule has 4 rings (SSSR count). The molecule has 4 fully saturated rings. The van der Waals surface area contributed by atoms with E-state index in [-0.39, 0.29) is 24.8 Å². The summed E-state index contributed by atoms with van der Waals surface area (Å²) < 4.78 is 12.7. The van der Waals surface area contributed by atoms with Crippen LogP contribution in [0.1, 0.15) is 52.9 Å². The Balaban J connectivity index is 1.64. The van der Waals surface area contributed by atoms with E-state index >= 15 is 0 Å². The molecule has 1 aliphatic heterocycles. The second kappa shape index (κ2) is 5.15. The van der Waals surface area contributed by atoms with E-state index < -0.39 is 0 Å². The molecule has 1 heterocycles. The molecule has 3 nitrogen and oxygen atoms in total. The molecule has 0 amide bonds. The number of rotatable bonds is 5. The third-order valence-electron chi connectivity index (χ3n) is 6.31. The average molecular weight is 301 g/mol. The zero-order valence-electron chi connectivity index (χ0n) is 13.0. The van der Waals surface area contributed by atoms with Gasteiger partial charge in [-0.25, -0.2) is 0 Å². The van der Waals surface area contributed by atoms with Gasteiger partial charge in [-0.05, 0) is 56.3 Å². The summed E-state index contributed by atoms with van der Waals surface area (Å²) in [5.74, 6) is 2.41. The average Bonchev–Trinajstić information content (AvgIpc) is 2.75. The maximum Gasteiger partial charge on any atom is 0.521 e. The van der Waals surface area contributed by atoms with Gasteiger partial charge in [-0.3, -0.25) is 0 Å². The Morgan fingerprint density at radius 2 is 2.05 bits per heavy atom. The van der Waals surface area contributed by atoms with Gasteiger partial charge in [-0.15, -0.1) is 11.6 Å². The van der Waals surface area contributed by atoms with E-state index in [2.05, 4.69) is 26.5 Å². The van der Waals surface area contributed by atoms with Crippen molar-refractivity contribution in [1.29, 1.82) is 0 Å². The molecule has 3 N–H and O–H groups in total. The van der Waals surface area contributed by atoms with Gasteiger partial charge in [0.05, 0.1) is 11.7 Å². The third-order valence-corrected chi connectivity index (χ3v) is 6.58. The third kappa shape index (κ3) is 2.15. The Labute approximate surface area is 128 Å². The summed E-state index contributed by atoms with van der Waals surface area (Å²) in [6.07, 6.45) is 5.95. The van der Waals surface area contributed by atoms with Crippen LogP contribution in [0.4, 0.5) is 0 Å². The van der Waals surface area contributed by atoms with E-state index in [1.165, 1.54) is 6.42 Å². The van der Waals surface area contributed by atoms with Crippen molar-refractivity contribution in [2.24, 2.45) is 17.3 Å². The topological polar surface area (TPSA) is 46.1 Å². The van der Waals surface area contributed by atoms with Crippen LogP contribution in [0.25, 0.3) is 0 Å². The largest absolute Gasteiger partial charge is 0.521 e. The minimum Gasteiger partial charge on any atom is -0.401 e. The van der Waals surface area contributed by atoms with E-state index in [4.69, 9.17) is 20.9 Å². The molecule has 1 saturated heterocycles. The number of halogens is 1. The SMILES string of the molecule is CC1(C)C2CC3OB(C([NH3+])CCCCCl)OC3(C)C1C2. The van der Waals surface area contributed by atoms with E-state index in [1.807, 2.05) is 0 Å². The zero-order chi connectivity index (χ0) is 14.5. The highest BCUT2D eigenvalue weighted by Crippen LogP contribution is 2.65. The molecule has 0 spiro atoms. The van der Waals surface area contributed by atoms with Crippen molar-refractivity contribution in [2.75, 3.05) is 5.88 Å². The Hall–Kier alpha value is 0.235. The normalized spacial score (nSPS) is 43.0. The Morgan fingerprint density at radius 1 is 1.30 bits per heavy atom. The lowest BCUT2D eigenvalue weighted by atomic mass is 9.43. The first-order valence-electron chi connectivity index (χ1n) is 8.12. The predicted molar refractivity (Wildman–Crippen MR) is 81.4 cm³/mol. The van der Waals surface area contributed by atoms with Crippen molar-refractivity contribution in [3.63, 3.8) is 0 Å². The molecular formula is C15H28BClNO2+. The van der Waals surface area contributed by atoms with Crippen LogP contribution < -0.4 is 5.73 Å². The van der Waals surface area contributed by atoms with Gasteiger partial charge in [0, 0.05) is 5.88 Å². The summed E-state index contributed by atoms with van der Waals surface area (Å²) in [7, 11) is -0.115. The van der Waals surface area contributed by atoms with Crippen LogP contribution in [0.5, 0.6) is 0 Å². The van der Waals surface area contributed by atoms with Crippen molar-refractivity contribution in [3.05, 3.63) is 0 Å². The molecule has 3 saturated carbocycles. The van der Waals surface area contributed by atoms with E-state index in [0.717, 1.165) is 37.5 Å². The van der Waals surface area contributed by atoms with Crippen LogP contribution in [0.3, 0.4) is 0 Å². The molecule has 5 atom stereocenters. The van der Waals surface area contributed by atoms with Crippen LogP contribution >= 0.6 is 11.6 Å². The van der Waals surface area contributed by atoms with Crippen LogP contribution in [0.15, 0.2) is 0 Å².